The summed E-state index contributed by atoms with van der Waals surface area (Å²) < 4.78 is 5.28. The zero-order valence-corrected chi connectivity index (χ0v) is 10.3. The molecular weight excluding hydrogens is 172 g/mol. The first kappa shape index (κ1) is 12.0. The van der Waals surface area contributed by atoms with Gasteiger partial charge in [0, 0.05) is 0 Å². The molecule has 0 spiro atoms. The smallest absolute Gasteiger partial charge is 0.0841 e. The van der Waals surface area contributed by atoms with Crippen molar-refractivity contribution in [2.45, 2.75) is 78.4 Å². The van der Waals surface area contributed by atoms with Gasteiger partial charge in [-0.2, -0.15) is 0 Å². The number of rotatable bonds is 1. The van der Waals surface area contributed by atoms with E-state index in [0.29, 0.717) is 17.6 Å². The van der Waals surface area contributed by atoms with Gasteiger partial charge in [0.2, 0.25) is 0 Å². The zero-order chi connectivity index (χ0) is 10.6. The van der Waals surface area contributed by atoms with Gasteiger partial charge in [-0.05, 0) is 24.7 Å². The van der Waals surface area contributed by atoms with Crippen molar-refractivity contribution in [3.63, 3.8) is 0 Å². The first-order valence-electron chi connectivity index (χ1n) is 6.18. The van der Waals surface area contributed by atoms with E-state index in [2.05, 4.69) is 27.7 Å². The van der Waals surface area contributed by atoms with E-state index in [0.717, 1.165) is 0 Å². The quantitative estimate of drug-likeness (QED) is 0.576. The van der Waals surface area contributed by atoms with Gasteiger partial charge in [0.05, 0.1) is 12.2 Å². The Hall–Kier alpha value is -0.0400. The third-order valence-corrected chi connectivity index (χ3v) is 2.91. The Morgan fingerprint density at radius 1 is 1.07 bits per heavy atom. The van der Waals surface area contributed by atoms with Crippen LogP contribution >= 0.6 is 0 Å². The molecule has 1 saturated carbocycles. The summed E-state index contributed by atoms with van der Waals surface area (Å²) in [5.74, 6) is 0. The Kier molecular flexibility index (Phi) is 4.43. The maximum absolute atomic E-state index is 5.28. The minimum Gasteiger partial charge on any atom is -0.370 e. The van der Waals surface area contributed by atoms with Crippen LogP contribution in [-0.2, 0) is 4.74 Å². The molecule has 0 aromatic rings. The molecule has 0 aromatic heterocycles. The van der Waals surface area contributed by atoms with Crippen LogP contribution in [0.25, 0.3) is 0 Å². The second-order valence-electron chi connectivity index (χ2n) is 5.81. The molecule has 0 bridgehead atoms. The van der Waals surface area contributed by atoms with Crippen LogP contribution in [0.2, 0.25) is 0 Å². The molecule has 2 rings (SSSR count). The lowest BCUT2D eigenvalue weighted by Gasteiger charge is -2.15. The van der Waals surface area contributed by atoms with Crippen molar-refractivity contribution >= 4 is 0 Å². The van der Waals surface area contributed by atoms with Crippen molar-refractivity contribution in [2.75, 3.05) is 0 Å². The average molecular weight is 198 g/mol. The minimum atomic E-state index is 0.550. The highest BCUT2D eigenvalue weighted by Crippen LogP contribution is 2.35. The molecule has 0 aromatic carbocycles. The maximum atomic E-state index is 5.28. The zero-order valence-electron chi connectivity index (χ0n) is 10.3. The topological polar surface area (TPSA) is 12.5 Å². The number of hydrogen-bond acceptors (Lipinski definition) is 1. The van der Waals surface area contributed by atoms with Gasteiger partial charge in [-0.25, -0.2) is 0 Å². The summed E-state index contributed by atoms with van der Waals surface area (Å²) in [5, 5.41) is 0. The van der Waals surface area contributed by atoms with Crippen molar-refractivity contribution in [3.05, 3.63) is 0 Å². The first-order valence-corrected chi connectivity index (χ1v) is 6.18. The van der Waals surface area contributed by atoms with E-state index in [1.165, 1.54) is 38.5 Å². The van der Waals surface area contributed by atoms with Crippen LogP contribution in [0.15, 0.2) is 0 Å². The third-order valence-electron chi connectivity index (χ3n) is 2.91. The van der Waals surface area contributed by atoms with Gasteiger partial charge in [0.1, 0.15) is 0 Å². The number of fused-ring (bicyclic) bond motifs is 1. The molecule has 2 atom stereocenters. The van der Waals surface area contributed by atoms with Gasteiger partial charge in [-0.1, -0.05) is 47.0 Å². The average Bonchev–Trinajstić information content (AvgIpc) is 2.80. The van der Waals surface area contributed by atoms with Crippen LogP contribution in [0.3, 0.4) is 0 Å². The standard InChI is InChI=1S/C7H16.C6H10O/c1-5-6-7(2,3)4;1-2-4-6-5(3-1)7-6/h5-6H2,1-4H3;5-6H,1-4H2. The molecule has 1 saturated heterocycles. The molecule has 1 heterocycles. The predicted octanol–water partition coefficient (Wildman–Crippen LogP) is 4.16. The molecule has 2 aliphatic rings. The normalized spacial score (nSPS) is 30.0. The summed E-state index contributed by atoms with van der Waals surface area (Å²) >= 11 is 0. The Balaban J connectivity index is 0.000000140. The van der Waals surface area contributed by atoms with Crippen molar-refractivity contribution in [1.82, 2.24) is 0 Å². The van der Waals surface area contributed by atoms with Gasteiger partial charge in [0.15, 0.2) is 0 Å². The largest absolute Gasteiger partial charge is 0.370 e. The van der Waals surface area contributed by atoms with Crippen LogP contribution in [0.1, 0.15) is 66.2 Å². The van der Waals surface area contributed by atoms with Crippen LogP contribution in [0.4, 0.5) is 0 Å². The van der Waals surface area contributed by atoms with Crippen molar-refractivity contribution in [2.24, 2.45) is 5.41 Å². The lowest BCUT2D eigenvalue weighted by molar-refractivity contribution is 0.373. The molecule has 0 amide bonds. The third kappa shape index (κ3) is 4.99. The monoisotopic (exact) mass is 198 g/mol. The summed E-state index contributed by atoms with van der Waals surface area (Å²) in [7, 11) is 0. The van der Waals surface area contributed by atoms with Crippen LogP contribution in [-0.4, -0.2) is 12.2 Å². The van der Waals surface area contributed by atoms with Gasteiger partial charge < -0.3 is 4.74 Å². The molecule has 84 valence electrons. The lowest BCUT2D eigenvalue weighted by Crippen LogP contribution is -2.02. The molecular formula is C13H26O. The second-order valence-corrected chi connectivity index (χ2v) is 5.81. The molecule has 1 nitrogen and oxygen atoms in total. The second kappa shape index (κ2) is 5.16. The number of hydrogen-bond donors (Lipinski definition) is 0. The lowest BCUT2D eigenvalue weighted by atomic mass is 9.91. The molecule has 2 fully saturated rings. The minimum absolute atomic E-state index is 0.550. The van der Waals surface area contributed by atoms with Crippen LogP contribution in [0, 0.1) is 5.41 Å². The molecule has 14 heavy (non-hydrogen) atoms. The summed E-state index contributed by atoms with van der Waals surface area (Å²) in [6, 6.07) is 0. The van der Waals surface area contributed by atoms with Crippen molar-refractivity contribution < 1.29 is 4.74 Å². The number of epoxide rings is 1. The fourth-order valence-corrected chi connectivity index (χ4v) is 2.13. The number of ether oxygens (including phenoxy) is 1. The molecule has 2 unspecified atom stereocenters. The molecule has 0 radical (unpaired) electrons. The molecule has 0 N–H and O–H groups in total. The first-order chi connectivity index (χ1) is 6.53. The van der Waals surface area contributed by atoms with Crippen LogP contribution in [0.5, 0.6) is 0 Å². The SMILES string of the molecule is C1CCC2OC2C1.CCCC(C)(C)C. The van der Waals surface area contributed by atoms with Crippen molar-refractivity contribution in [3.8, 4) is 0 Å². The van der Waals surface area contributed by atoms with Gasteiger partial charge in [0.25, 0.3) is 0 Å². The summed E-state index contributed by atoms with van der Waals surface area (Å²) in [6.45, 7) is 9.05. The van der Waals surface area contributed by atoms with E-state index < -0.39 is 0 Å². The summed E-state index contributed by atoms with van der Waals surface area (Å²) in [6.07, 6.45) is 9.54. The highest BCUT2D eigenvalue weighted by atomic mass is 16.6. The van der Waals surface area contributed by atoms with E-state index in [9.17, 15) is 0 Å². The highest BCUT2D eigenvalue weighted by molar-refractivity contribution is 4.87. The Bertz CT molecular complexity index is 147. The van der Waals surface area contributed by atoms with Crippen molar-refractivity contribution in [1.29, 1.82) is 0 Å². The Labute approximate surface area is 89.2 Å². The van der Waals surface area contributed by atoms with E-state index in [1.807, 2.05) is 0 Å². The summed E-state index contributed by atoms with van der Waals surface area (Å²) in [4.78, 5) is 0. The van der Waals surface area contributed by atoms with E-state index in [4.69, 9.17) is 4.74 Å². The van der Waals surface area contributed by atoms with E-state index >= 15 is 0 Å². The van der Waals surface area contributed by atoms with E-state index in [-0.39, 0.29) is 0 Å². The highest BCUT2D eigenvalue weighted by Gasteiger charge is 2.39. The maximum Gasteiger partial charge on any atom is 0.0841 e. The molecule has 1 heteroatoms. The Morgan fingerprint density at radius 3 is 1.79 bits per heavy atom. The molecule has 1 aliphatic heterocycles. The van der Waals surface area contributed by atoms with E-state index in [1.54, 1.807) is 0 Å². The van der Waals surface area contributed by atoms with Crippen LogP contribution < -0.4 is 0 Å². The predicted molar refractivity (Wildman–Crippen MR) is 61.5 cm³/mol. The molecule has 1 aliphatic carbocycles. The van der Waals surface area contributed by atoms with Gasteiger partial charge >= 0.3 is 0 Å². The Morgan fingerprint density at radius 2 is 1.57 bits per heavy atom. The fourth-order valence-electron chi connectivity index (χ4n) is 2.13. The fraction of sp³-hybridized carbons (Fsp3) is 1.00. The summed E-state index contributed by atoms with van der Waals surface area (Å²) in [5.41, 5.74) is 0.550. The van der Waals surface area contributed by atoms with Gasteiger partial charge in [-0.3, -0.25) is 0 Å². The van der Waals surface area contributed by atoms with Gasteiger partial charge in [-0.15, -0.1) is 0 Å².